The maximum absolute atomic E-state index is 14.2. The minimum Gasteiger partial charge on any atom is -0.321 e. The number of hydrogen-bond acceptors (Lipinski definition) is 2. The smallest absolute Gasteiger partial charge is 0.262 e. The van der Waals surface area contributed by atoms with Gasteiger partial charge in [0.25, 0.3) is 5.91 Å². The summed E-state index contributed by atoms with van der Waals surface area (Å²) >= 11 is 5.79. The third kappa shape index (κ3) is 3.25. The number of rotatable bonds is 3. The van der Waals surface area contributed by atoms with Gasteiger partial charge in [-0.1, -0.05) is 29.8 Å². The molecule has 0 saturated carbocycles. The van der Waals surface area contributed by atoms with Crippen molar-refractivity contribution < 1.29 is 13.6 Å². The summed E-state index contributed by atoms with van der Waals surface area (Å²) in [5.41, 5.74) is 1.23. The Morgan fingerprint density at radius 3 is 2.52 bits per heavy atom. The average molecular weight is 362 g/mol. The minimum absolute atomic E-state index is 0.145. The molecule has 1 amide bonds. The first kappa shape index (κ1) is 17.1. The number of amides is 1. The molecule has 0 bridgehead atoms. The second-order valence-electron chi connectivity index (χ2n) is 5.50. The van der Waals surface area contributed by atoms with Gasteiger partial charge in [0, 0.05) is 28.9 Å². The number of para-hydroxylation sites is 1. The molecular weight excluding hydrogens is 348 g/mol. The van der Waals surface area contributed by atoms with Gasteiger partial charge < -0.3 is 5.32 Å². The summed E-state index contributed by atoms with van der Waals surface area (Å²) in [7, 11) is 1.41. The van der Waals surface area contributed by atoms with Gasteiger partial charge in [0.2, 0.25) is 5.95 Å². The summed E-state index contributed by atoms with van der Waals surface area (Å²) in [6, 6.07) is 11.0. The molecule has 3 aromatic rings. The monoisotopic (exact) mass is 361 g/mol. The Kier molecular flexibility index (Phi) is 4.55. The molecule has 25 heavy (non-hydrogen) atoms. The van der Waals surface area contributed by atoms with Crippen LogP contribution in [-0.2, 0) is 7.05 Å². The van der Waals surface area contributed by atoms with E-state index in [4.69, 9.17) is 11.6 Å². The summed E-state index contributed by atoms with van der Waals surface area (Å²) in [5, 5.41) is 6.79. The van der Waals surface area contributed by atoms with Crippen LogP contribution < -0.4 is 5.32 Å². The van der Waals surface area contributed by atoms with Gasteiger partial charge in [-0.3, -0.25) is 4.79 Å². The molecule has 0 fully saturated rings. The predicted molar refractivity (Wildman–Crippen MR) is 92.7 cm³/mol. The highest BCUT2D eigenvalue weighted by Crippen LogP contribution is 2.31. The molecule has 1 aromatic heterocycles. The molecule has 128 valence electrons. The van der Waals surface area contributed by atoms with Crippen molar-refractivity contribution in [3.63, 3.8) is 0 Å². The Morgan fingerprint density at radius 1 is 1.16 bits per heavy atom. The normalized spacial score (nSPS) is 10.8. The highest BCUT2D eigenvalue weighted by atomic mass is 35.5. The fourth-order valence-corrected chi connectivity index (χ4v) is 2.77. The summed E-state index contributed by atoms with van der Waals surface area (Å²) in [6.07, 6.45) is 0. The van der Waals surface area contributed by atoms with Crippen LogP contribution in [0.2, 0.25) is 5.02 Å². The van der Waals surface area contributed by atoms with E-state index in [1.54, 1.807) is 37.3 Å². The first-order chi connectivity index (χ1) is 11.9. The van der Waals surface area contributed by atoms with Crippen molar-refractivity contribution in [3.8, 4) is 11.1 Å². The van der Waals surface area contributed by atoms with Gasteiger partial charge in [-0.25, -0.2) is 9.07 Å². The van der Waals surface area contributed by atoms with Crippen LogP contribution in [-0.4, -0.2) is 15.7 Å². The maximum atomic E-state index is 14.2. The van der Waals surface area contributed by atoms with Gasteiger partial charge in [-0.2, -0.15) is 9.49 Å². The van der Waals surface area contributed by atoms with Crippen LogP contribution in [0.25, 0.3) is 11.1 Å². The number of benzene rings is 2. The van der Waals surface area contributed by atoms with E-state index in [2.05, 4.69) is 10.4 Å². The van der Waals surface area contributed by atoms with E-state index in [-0.39, 0.29) is 21.8 Å². The lowest BCUT2D eigenvalue weighted by molar-refractivity contribution is 0.102. The van der Waals surface area contributed by atoms with Gasteiger partial charge in [0.15, 0.2) is 0 Å². The number of nitrogens with one attached hydrogen (secondary N) is 1. The van der Waals surface area contributed by atoms with Crippen molar-refractivity contribution in [2.45, 2.75) is 6.92 Å². The Balaban J connectivity index is 2.00. The molecule has 0 aliphatic rings. The van der Waals surface area contributed by atoms with Gasteiger partial charge >= 0.3 is 0 Å². The van der Waals surface area contributed by atoms with E-state index in [9.17, 15) is 13.6 Å². The number of carbonyl (C=O) groups excluding carboxylic acids is 1. The second kappa shape index (κ2) is 6.64. The van der Waals surface area contributed by atoms with Crippen molar-refractivity contribution >= 4 is 23.2 Å². The van der Waals surface area contributed by atoms with Crippen LogP contribution in [0, 0.1) is 18.7 Å². The van der Waals surface area contributed by atoms with Crippen LogP contribution in [0.1, 0.15) is 16.1 Å². The summed E-state index contributed by atoms with van der Waals surface area (Å²) < 4.78 is 29.3. The third-order valence-corrected chi connectivity index (χ3v) is 4.01. The van der Waals surface area contributed by atoms with Crippen molar-refractivity contribution in [2.75, 3.05) is 5.32 Å². The van der Waals surface area contributed by atoms with Crippen molar-refractivity contribution in [2.24, 2.45) is 7.05 Å². The molecule has 0 saturated heterocycles. The number of aromatic nitrogens is 2. The quantitative estimate of drug-likeness (QED) is 0.742. The number of nitrogens with zero attached hydrogens (tertiary/aromatic N) is 2. The van der Waals surface area contributed by atoms with Crippen LogP contribution in [0.3, 0.4) is 0 Å². The second-order valence-corrected chi connectivity index (χ2v) is 5.94. The Hall–Kier alpha value is -2.73. The first-order valence-corrected chi connectivity index (χ1v) is 7.81. The Bertz CT molecular complexity index is 969. The van der Waals surface area contributed by atoms with E-state index in [0.717, 1.165) is 4.68 Å². The highest BCUT2D eigenvalue weighted by Gasteiger charge is 2.21. The predicted octanol–water partition coefficient (Wildman–Crippen LogP) is 4.58. The standard InChI is InChI=1S/C18H14ClF2N3O/c1-10-16(17(21)24(2)23-10)18(25)22-15-6-4-3-5-13(15)12-8-7-11(19)9-14(12)20/h3-9H,1-2H3,(H,22,25). The summed E-state index contributed by atoms with van der Waals surface area (Å²) in [5.74, 6) is -1.90. The van der Waals surface area contributed by atoms with E-state index in [0.29, 0.717) is 11.3 Å². The minimum atomic E-state index is -0.731. The maximum Gasteiger partial charge on any atom is 0.262 e. The van der Waals surface area contributed by atoms with Gasteiger partial charge in [0.05, 0.1) is 5.69 Å². The molecule has 0 radical (unpaired) electrons. The van der Waals surface area contributed by atoms with E-state index >= 15 is 0 Å². The average Bonchev–Trinajstić information content (AvgIpc) is 2.81. The van der Waals surface area contributed by atoms with Gasteiger partial charge in [-0.15, -0.1) is 0 Å². The van der Waals surface area contributed by atoms with Crippen molar-refractivity contribution in [3.05, 3.63) is 70.5 Å². The topological polar surface area (TPSA) is 46.9 Å². The summed E-state index contributed by atoms with van der Waals surface area (Å²) in [6.45, 7) is 1.54. The van der Waals surface area contributed by atoms with Crippen LogP contribution >= 0.6 is 11.6 Å². The summed E-state index contributed by atoms with van der Waals surface area (Å²) in [4.78, 5) is 12.5. The highest BCUT2D eigenvalue weighted by molar-refractivity contribution is 6.30. The largest absolute Gasteiger partial charge is 0.321 e. The molecule has 0 spiro atoms. The van der Waals surface area contributed by atoms with E-state index < -0.39 is 17.7 Å². The van der Waals surface area contributed by atoms with Crippen LogP contribution in [0.4, 0.5) is 14.5 Å². The number of halogens is 3. The zero-order chi connectivity index (χ0) is 18.1. The number of carbonyl (C=O) groups is 1. The number of hydrogen-bond donors (Lipinski definition) is 1. The molecule has 0 atom stereocenters. The van der Waals surface area contributed by atoms with E-state index in [1.807, 2.05) is 0 Å². The molecular formula is C18H14ClF2N3O. The molecule has 1 heterocycles. The molecule has 1 N–H and O–H groups in total. The molecule has 0 aliphatic heterocycles. The van der Waals surface area contributed by atoms with E-state index in [1.165, 1.54) is 19.2 Å². The van der Waals surface area contributed by atoms with Gasteiger partial charge in [-0.05, 0) is 31.2 Å². The Labute approximate surface area is 148 Å². The lowest BCUT2D eigenvalue weighted by atomic mass is 10.0. The Morgan fingerprint density at radius 2 is 1.88 bits per heavy atom. The van der Waals surface area contributed by atoms with Crippen LogP contribution in [0.5, 0.6) is 0 Å². The van der Waals surface area contributed by atoms with Crippen LogP contribution in [0.15, 0.2) is 42.5 Å². The lowest BCUT2D eigenvalue weighted by Gasteiger charge is -2.12. The van der Waals surface area contributed by atoms with Crippen molar-refractivity contribution in [1.82, 2.24) is 9.78 Å². The number of anilines is 1. The molecule has 0 aliphatic carbocycles. The molecule has 4 nitrogen and oxygen atoms in total. The van der Waals surface area contributed by atoms with Gasteiger partial charge in [0.1, 0.15) is 11.4 Å². The fraction of sp³-hybridized carbons (Fsp3) is 0.111. The third-order valence-electron chi connectivity index (χ3n) is 3.78. The molecule has 0 unspecified atom stereocenters. The first-order valence-electron chi connectivity index (χ1n) is 7.43. The zero-order valence-electron chi connectivity index (χ0n) is 13.5. The molecule has 7 heteroatoms. The lowest BCUT2D eigenvalue weighted by Crippen LogP contribution is -2.15. The van der Waals surface area contributed by atoms with Crippen molar-refractivity contribution in [1.29, 1.82) is 0 Å². The zero-order valence-corrected chi connectivity index (χ0v) is 14.2. The fourth-order valence-electron chi connectivity index (χ4n) is 2.61. The number of aryl methyl sites for hydroxylation is 2. The molecule has 3 rings (SSSR count). The molecule has 2 aromatic carbocycles. The SMILES string of the molecule is Cc1nn(C)c(F)c1C(=O)Nc1ccccc1-c1ccc(Cl)cc1F.